The largest absolute Gasteiger partial charge is 0.416 e. The number of fused-ring (bicyclic) bond motifs is 2. The molecule has 2 aromatic heterocycles. The Kier molecular flexibility index (Phi) is 8.83. The molecule has 276 valence electrons. The second kappa shape index (κ2) is 13.5. The average Bonchev–Trinajstić information content (AvgIpc) is 3.65. The van der Waals surface area contributed by atoms with Gasteiger partial charge in [0.05, 0.1) is 39.9 Å². The number of halogens is 3. The van der Waals surface area contributed by atoms with Crippen molar-refractivity contribution in [1.29, 1.82) is 0 Å². The number of nitrogens with zero attached hydrogens (tertiary/aromatic N) is 5. The Bertz CT molecular complexity index is 2300. The van der Waals surface area contributed by atoms with Crippen LogP contribution in [0.3, 0.4) is 0 Å². The van der Waals surface area contributed by atoms with Crippen LogP contribution in [0.2, 0.25) is 0 Å². The molecule has 3 fully saturated rings. The third-order valence-corrected chi connectivity index (χ3v) is 10.8. The van der Waals surface area contributed by atoms with Crippen molar-refractivity contribution in [3.05, 3.63) is 88.5 Å². The van der Waals surface area contributed by atoms with Gasteiger partial charge < -0.3 is 15.0 Å². The molecule has 2 saturated heterocycles. The van der Waals surface area contributed by atoms with E-state index in [2.05, 4.69) is 15.5 Å². The van der Waals surface area contributed by atoms with Crippen LogP contribution in [0.4, 0.5) is 24.5 Å². The highest BCUT2D eigenvalue weighted by molar-refractivity contribution is 6.05. The number of anilines is 2. The molecule has 1 atom stereocenters. The highest BCUT2D eigenvalue weighted by Gasteiger charge is 2.35. The second-order valence-corrected chi connectivity index (χ2v) is 14.3. The van der Waals surface area contributed by atoms with Gasteiger partial charge in [-0.25, -0.2) is 4.79 Å². The van der Waals surface area contributed by atoms with Gasteiger partial charge in [-0.2, -0.15) is 18.3 Å². The lowest BCUT2D eigenvalue weighted by Gasteiger charge is -2.42. The molecule has 4 heterocycles. The zero-order valence-corrected chi connectivity index (χ0v) is 28.9. The van der Waals surface area contributed by atoms with Crippen molar-refractivity contribution in [2.45, 2.75) is 62.9 Å². The van der Waals surface area contributed by atoms with Crippen molar-refractivity contribution in [3.8, 4) is 0 Å². The first kappa shape index (κ1) is 34.6. The van der Waals surface area contributed by atoms with Gasteiger partial charge in [0.15, 0.2) is 0 Å². The molecule has 5 aromatic rings. The molecule has 2 N–H and O–H groups in total. The lowest BCUT2D eigenvalue weighted by Crippen LogP contribution is -2.53. The number of ether oxygens (including phenoxy) is 1. The van der Waals surface area contributed by atoms with Gasteiger partial charge in [0.2, 0.25) is 11.8 Å². The minimum absolute atomic E-state index is 0.0666. The Morgan fingerprint density at radius 2 is 1.75 bits per heavy atom. The third kappa shape index (κ3) is 6.69. The van der Waals surface area contributed by atoms with Gasteiger partial charge in [-0.15, -0.1) is 0 Å². The summed E-state index contributed by atoms with van der Waals surface area (Å²) in [4.78, 5) is 52.5. The number of hydrogen-bond donors (Lipinski definition) is 2. The van der Waals surface area contributed by atoms with E-state index in [9.17, 15) is 32.3 Å². The number of carbonyl (C=O) groups is 3. The fourth-order valence-corrected chi connectivity index (χ4v) is 7.84. The Hall–Kier alpha value is -5.44. The molecule has 12 nitrogen and oxygen atoms in total. The maximum Gasteiger partial charge on any atom is 0.416 e. The van der Waals surface area contributed by atoms with E-state index in [-0.39, 0.29) is 42.1 Å². The highest BCUT2D eigenvalue weighted by Crippen LogP contribution is 2.36. The molecule has 8 rings (SSSR count). The number of aromatic nitrogens is 4. The van der Waals surface area contributed by atoms with Crippen LogP contribution in [0.15, 0.2) is 71.7 Å². The van der Waals surface area contributed by atoms with E-state index in [4.69, 9.17) is 9.84 Å². The Morgan fingerprint density at radius 1 is 0.981 bits per heavy atom. The topological polar surface area (TPSA) is 132 Å². The van der Waals surface area contributed by atoms with Gasteiger partial charge in [-0.05, 0) is 86.6 Å². The fraction of sp³-hybridized carbons (Fsp3) is 0.395. The molecular formula is C38H38F3N7O5. The van der Waals surface area contributed by atoms with Crippen LogP contribution in [0.25, 0.3) is 21.9 Å². The van der Waals surface area contributed by atoms with Crippen LogP contribution in [-0.2, 0) is 27.5 Å². The van der Waals surface area contributed by atoms with Crippen LogP contribution < -0.4 is 21.2 Å². The van der Waals surface area contributed by atoms with Crippen LogP contribution >= 0.6 is 0 Å². The first-order chi connectivity index (χ1) is 25.4. The summed E-state index contributed by atoms with van der Waals surface area (Å²) < 4.78 is 50.7. The number of nitrogens with one attached hydrogen (secondary N) is 2. The van der Waals surface area contributed by atoms with Crippen LogP contribution in [0, 0.1) is 5.92 Å². The number of amides is 3. The minimum Gasteiger partial charge on any atom is -0.374 e. The van der Waals surface area contributed by atoms with E-state index in [1.807, 2.05) is 29.1 Å². The third-order valence-electron chi connectivity index (χ3n) is 10.8. The first-order valence-electron chi connectivity index (χ1n) is 17.8. The van der Waals surface area contributed by atoms with Crippen LogP contribution in [0.1, 0.15) is 66.5 Å². The number of hydrogen-bond acceptors (Lipinski definition) is 7. The monoisotopic (exact) mass is 729 g/mol. The molecule has 0 radical (unpaired) electrons. The zero-order chi connectivity index (χ0) is 37.0. The van der Waals surface area contributed by atoms with E-state index < -0.39 is 29.6 Å². The van der Waals surface area contributed by atoms with Crippen LogP contribution in [-0.4, -0.2) is 62.4 Å². The summed E-state index contributed by atoms with van der Waals surface area (Å²) in [5.41, 5.74) is 2.32. The van der Waals surface area contributed by atoms with Gasteiger partial charge in [0, 0.05) is 56.0 Å². The van der Waals surface area contributed by atoms with Crippen LogP contribution in [0.5, 0.6) is 0 Å². The normalized spacial score (nSPS) is 21.2. The molecule has 53 heavy (non-hydrogen) atoms. The summed E-state index contributed by atoms with van der Waals surface area (Å²) in [6.07, 6.45) is 1.83. The standard InChI is InChI=1S/C38H38F3N7O5/c1-45-34-30(6-3-7-31(34)48(37(45)52)32-14-15-33(49)43-36(32)51)46-19-28(20-46)53-21-22-8-11-27(12-9-22)47-18-24-17-26(10-13-29(24)44-47)42-35(50)23-4-2-5-25(16-23)38(39,40)41/h2-7,10,13,16-18,22,27-28,32H,8-9,11-12,14-15,19-21H2,1H3,(H,42,50)(H,43,49,51). The van der Waals surface area contributed by atoms with Gasteiger partial charge in [0.25, 0.3) is 5.91 Å². The number of imidazole rings is 1. The summed E-state index contributed by atoms with van der Waals surface area (Å²) in [5, 5.41) is 10.6. The van der Waals surface area contributed by atoms with E-state index in [0.29, 0.717) is 36.8 Å². The van der Waals surface area contributed by atoms with Crippen molar-refractivity contribution in [1.82, 2.24) is 24.2 Å². The first-order valence-corrected chi connectivity index (χ1v) is 17.8. The van der Waals surface area contributed by atoms with E-state index >= 15 is 0 Å². The predicted octanol–water partition coefficient (Wildman–Crippen LogP) is 5.58. The molecule has 1 aliphatic carbocycles. The quantitative estimate of drug-likeness (QED) is 0.200. The number of rotatable bonds is 8. The summed E-state index contributed by atoms with van der Waals surface area (Å²) in [6.45, 7) is 2.04. The predicted molar refractivity (Wildman–Crippen MR) is 191 cm³/mol. The Labute approximate surface area is 301 Å². The van der Waals surface area contributed by atoms with Crippen molar-refractivity contribution >= 4 is 51.0 Å². The fourth-order valence-electron chi connectivity index (χ4n) is 7.84. The molecule has 3 aromatic carbocycles. The average molecular weight is 730 g/mol. The number of benzene rings is 3. The highest BCUT2D eigenvalue weighted by atomic mass is 19.4. The van der Waals surface area contributed by atoms with Gasteiger partial charge in [-0.3, -0.25) is 33.5 Å². The lowest BCUT2D eigenvalue weighted by atomic mass is 9.86. The summed E-state index contributed by atoms with van der Waals surface area (Å²) >= 11 is 0. The molecule has 3 amide bonds. The minimum atomic E-state index is -4.53. The maximum absolute atomic E-state index is 13.3. The SMILES string of the molecule is Cn1c(=O)n(C2CCC(=O)NC2=O)c2cccc(N3CC(OCC4CCC(n5cc6cc(NC(=O)c7cccc(C(F)(F)F)c7)ccc6n5)CC4)C3)c21. The van der Waals surface area contributed by atoms with Crippen molar-refractivity contribution < 1.29 is 32.3 Å². The van der Waals surface area contributed by atoms with Gasteiger partial charge in [-0.1, -0.05) is 12.1 Å². The van der Waals surface area contributed by atoms with E-state index in [1.54, 1.807) is 29.8 Å². The lowest BCUT2D eigenvalue weighted by molar-refractivity contribution is -0.138. The summed E-state index contributed by atoms with van der Waals surface area (Å²) in [6, 6.07) is 14.8. The number of para-hydroxylation sites is 1. The number of carbonyl (C=O) groups excluding carboxylic acids is 3. The number of imide groups is 1. The molecule has 15 heteroatoms. The van der Waals surface area contributed by atoms with Crippen molar-refractivity contribution in [2.75, 3.05) is 29.9 Å². The molecule has 0 bridgehead atoms. The van der Waals surface area contributed by atoms with E-state index in [1.165, 1.54) is 16.7 Å². The van der Waals surface area contributed by atoms with Crippen molar-refractivity contribution in [2.24, 2.45) is 13.0 Å². The molecule has 0 spiro atoms. The molecular weight excluding hydrogens is 691 g/mol. The summed E-state index contributed by atoms with van der Waals surface area (Å²) in [5.74, 6) is -0.974. The molecule has 1 saturated carbocycles. The summed E-state index contributed by atoms with van der Waals surface area (Å²) in [7, 11) is 1.71. The molecule has 3 aliphatic rings. The smallest absolute Gasteiger partial charge is 0.374 e. The molecule has 1 unspecified atom stereocenters. The van der Waals surface area contributed by atoms with Crippen molar-refractivity contribution in [3.63, 3.8) is 0 Å². The second-order valence-electron chi connectivity index (χ2n) is 14.3. The Balaban J connectivity index is 0.837. The maximum atomic E-state index is 13.3. The number of alkyl halides is 3. The van der Waals surface area contributed by atoms with E-state index in [0.717, 1.165) is 59.9 Å². The Morgan fingerprint density at radius 3 is 2.51 bits per heavy atom. The zero-order valence-electron chi connectivity index (χ0n) is 28.9. The molecule has 2 aliphatic heterocycles. The van der Waals surface area contributed by atoms with Gasteiger partial charge >= 0.3 is 11.9 Å². The number of aryl methyl sites for hydroxylation is 1. The number of piperidine rings is 1. The van der Waals surface area contributed by atoms with Gasteiger partial charge in [0.1, 0.15) is 6.04 Å².